The van der Waals surface area contributed by atoms with Gasteiger partial charge in [-0.15, -0.1) is 0 Å². The Labute approximate surface area is 119 Å². The number of carbonyl (C=O) groups is 1. The molecule has 0 N–H and O–H groups in total. The SMILES string of the molecule is O=C(CCCCC1CCOCC1)c1ccncc1Cl. The minimum Gasteiger partial charge on any atom is -0.381 e. The van der Waals surface area contributed by atoms with Gasteiger partial charge in [-0.3, -0.25) is 9.78 Å². The fourth-order valence-corrected chi connectivity index (χ4v) is 2.71. The number of hydrogen-bond acceptors (Lipinski definition) is 3. The van der Waals surface area contributed by atoms with Gasteiger partial charge in [0.2, 0.25) is 0 Å². The van der Waals surface area contributed by atoms with Crippen molar-refractivity contribution in [2.24, 2.45) is 5.92 Å². The van der Waals surface area contributed by atoms with Crippen molar-refractivity contribution in [2.45, 2.75) is 38.5 Å². The molecule has 1 fully saturated rings. The van der Waals surface area contributed by atoms with Gasteiger partial charge in [-0.25, -0.2) is 0 Å². The van der Waals surface area contributed by atoms with Crippen LogP contribution in [0.5, 0.6) is 0 Å². The molecule has 2 rings (SSSR count). The predicted octanol–water partition coefficient (Wildman–Crippen LogP) is 3.90. The molecule has 0 aromatic carbocycles. The van der Waals surface area contributed by atoms with Crippen LogP contribution >= 0.6 is 11.6 Å². The van der Waals surface area contributed by atoms with Gasteiger partial charge in [0.25, 0.3) is 0 Å². The van der Waals surface area contributed by atoms with Crippen molar-refractivity contribution in [1.29, 1.82) is 0 Å². The van der Waals surface area contributed by atoms with E-state index in [0.29, 0.717) is 17.0 Å². The molecule has 0 radical (unpaired) electrons. The lowest BCUT2D eigenvalue weighted by Gasteiger charge is -2.21. The zero-order chi connectivity index (χ0) is 13.5. The van der Waals surface area contributed by atoms with Crippen LogP contribution in [0.4, 0.5) is 0 Å². The maximum absolute atomic E-state index is 12.0. The van der Waals surface area contributed by atoms with E-state index in [-0.39, 0.29) is 5.78 Å². The summed E-state index contributed by atoms with van der Waals surface area (Å²) in [7, 11) is 0. The van der Waals surface area contributed by atoms with Crippen LogP contribution in [-0.4, -0.2) is 24.0 Å². The molecule has 1 aliphatic heterocycles. The molecule has 19 heavy (non-hydrogen) atoms. The van der Waals surface area contributed by atoms with Crippen LogP contribution in [0, 0.1) is 5.92 Å². The van der Waals surface area contributed by atoms with E-state index in [1.54, 1.807) is 12.3 Å². The summed E-state index contributed by atoms with van der Waals surface area (Å²) in [6.07, 6.45) is 9.31. The van der Waals surface area contributed by atoms with E-state index < -0.39 is 0 Å². The Hall–Kier alpha value is -0.930. The lowest BCUT2D eigenvalue weighted by atomic mass is 9.93. The average Bonchev–Trinajstić information content (AvgIpc) is 2.45. The molecule has 0 saturated carbocycles. The first-order valence-electron chi connectivity index (χ1n) is 6.98. The second-order valence-corrected chi connectivity index (χ2v) is 5.49. The average molecular weight is 282 g/mol. The molecule has 1 saturated heterocycles. The topological polar surface area (TPSA) is 39.2 Å². The molecule has 1 aliphatic rings. The minimum atomic E-state index is 0.124. The number of nitrogens with zero attached hydrogens (tertiary/aromatic N) is 1. The Morgan fingerprint density at radius 3 is 2.89 bits per heavy atom. The summed E-state index contributed by atoms with van der Waals surface area (Å²) in [6.45, 7) is 1.80. The minimum absolute atomic E-state index is 0.124. The van der Waals surface area contributed by atoms with Gasteiger partial charge in [-0.2, -0.15) is 0 Å². The first-order chi connectivity index (χ1) is 9.27. The number of aromatic nitrogens is 1. The highest BCUT2D eigenvalue weighted by molar-refractivity contribution is 6.33. The monoisotopic (exact) mass is 281 g/mol. The summed E-state index contributed by atoms with van der Waals surface area (Å²) >= 11 is 5.96. The fraction of sp³-hybridized carbons (Fsp3) is 0.600. The van der Waals surface area contributed by atoms with Crippen LogP contribution in [0.15, 0.2) is 18.5 Å². The van der Waals surface area contributed by atoms with Crippen LogP contribution < -0.4 is 0 Å². The Morgan fingerprint density at radius 2 is 2.16 bits per heavy atom. The normalized spacial score (nSPS) is 16.5. The van der Waals surface area contributed by atoms with E-state index in [2.05, 4.69) is 4.98 Å². The molecule has 104 valence electrons. The molecule has 1 aromatic heterocycles. The largest absolute Gasteiger partial charge is 0.381 e. The van der Waals surface area contributed by atoms with Gasteiger partial charge in [0.05, 0.1) is 5.02 Å². The summed E-state index contributed by atoms with van der Waals surface area (Å²) in [6, 6.07) is 1.70. The molecular formula is C15H20ClNO2. The number of unbranched alkanes of at least 4 members (excludes halogenated alkanes) is 1. The number of carbonyl (C=O) groups excluding carboxylic acids is 1. The summed E-state index contributed by atoms with van der Waals surface area (Å²) in [5.74, 6) is 0.910. The van der Waals surface area contributed by atoms with E-state index in [1.807, 2.05) is 0 Å². The zero-order valence-corrected chi connectivity index (χ0v) is 11.9. The van der Waals surface area contributed by atoms with E-state index in [0.717, 1.165) is 32.0 Å². The van der Waals surface area contributed by atoms with Crippen LogP contribution in [0.1, 0.15) is 48.9 Å². The Morgan fingerprint density at radius 1 is 1.37 bits per heavy atom. The van der Waals surface area contributed by atoms with E-state index >= 15 is 0 Å². The molecule has 3 nitrogen and oxygen atoms in total. The Bertz CT molecular complexity index is 416. The summed E-state index contributed by atoms with van der Waals surface area (Å²) < 4.78 is 5.34. The molecule has 4 heteroatoms. The van der Waals surface area contributed by atoms with Gasteiger partial charge in [-0.05, 0) is 31.2 Å². The summed E-state index contributed by atoms with van der Waals surface area (Å²) in [5.41, 5.74) is 0.600. The Kier molecular flexibility index (Phi) is 5.80. The van der Waals surface area contributed by atoms with E-state index in [9.17, 15) is 4.79 Å². The standard InChI is InChI=1S/C15H20ClNO2/c16-14-11-17-8-5-13(14)15(18)4-2-1-3-12-6-9-19-10-7-12/h5,8,11-12H,1-4,6-7,9-10H2. The molecule has 0 unspecified atom stereocenters. The first-order valence-corrected chi connectivity index (χ1v) is 7.35. The van der Waals surface area contributed by atoms with Gasteiger partial charge in [0.15, 0.2) is 5.78 Å². The van der Waals surface area contributed by atoms with Crippen molar-refractivity contribution in [2.75, 3.05) is 13.2 Å². The van der Waals surface area contributed by atoms with E-state index in [4.69, 9.17) is 16.3 Å². The van der Waals surface area contributed by atoms with Crippen molar-refractivity contribution < 1.29 is 9.53 Å². The highest BCUT2D eigenvalue weighted by Crippen LogP contribution is 2.22. The number of halogens is 1. The fourth-order valence-electron chi connectivity index (χ4n) is 2.49. The van der Waals surface area contributed by atoms with Crippen molar-refractivity contribution >= 4 is 17.4 Å². The Balaban J connectivity index is 1.68. The van der Waals surface area contributed by atoms with Gasteiger partial charge in [-0.1, -0.05) is 24.4 Å². The second kappa shape index (κ2) is 7.61. The molecule has 0 bridgehead atoms. The predicted molar refractivity (Wildman–Crippen MR) is 75.6 cm³/mol. The van der Waals surface area contributed by atoms with Crippen LogP contribution in [0.3, 0.4) is 0 Å². The lowest BCUT2D eigenvalue weighted by molar-refractivity contribution is 0.0630. The van der Waals surface area contributed by atoms with Gasteiger partial charge >= 0.3 is 0 Å². The smallest absolute Gasteiger partial charge is 0.164 e. The number of ether oxygens (including phenoxy) is 1. The van der Waals surface area contributed by atoms with Crippen molar-refractivity contribution in [3.05, 3.63) is 29.0 Å². The third kappa shape index (κ3) is 4.59. The third-order valence-corrected chi connectivity index (χ3v) is 3.98. The van der Waals surface area contributed by atoms with E-state index in [1.165, 1.54) is 25.5 Å². The van der Waals surface area contributed by atoms with Crippen molar-refractivity contribution in [1.82, 2.24) is 4.98 Å². The molecule has 0 spiro atoms. The number of rotatable bonds is 6. The third-order valence-electron chi connectivity index (χ3n) is 3.68. The van der Waals surface area contributed by atoms with Crippen molar-refractivity contribution in [3.63, 3.8) is 0 Å². The maximum atomic E-state index is 12.0. The molecular weight excluding hydrogens is 262 g/mol. The van der Waals surface area contributed by atoms with Crippen LogP contribution in [0.2, 0.25) is 5.02 Å². The number of ketones is 1. The lowest BCUT2D eigenvalue weighted by Crippen LogP contribution is -2.15. The molecule has 1 aromatic rings. The van der Waals surface area contributed by atoms with Gasteiger partial charge < -0.3 is 4.74 Å². The van der Waals surface area contributed by atoms with Crippen LogP contribution in [-0.2, 0) is 4.74 Å². The molecule has 0 amide bonds. The maximum Gasteiger partial charge on any atom is 0.164 e. The molecule has 0 atom stereocenters. The van der Waals surface area contributed by atoms with Crippen molar-refractivity contribution in [3.8, 4) is 0 Å². The summed E-state index contributed by atoms with van der Waals surface area (Å²) in [4.78, 5) is 15.9. The highest BCUT2D eigenvalue weighted by Gasteiger charge is 2.14. The van der Waals surface area contributed by atoms with Gasteiger partial charge in [0, 0.05) is 37.6 Å². The zero-order valence-electron chi connectivity index (χ0n) is 11.1. The number of hydrogen-bond donors (Lipinski definition) is 0. The number of Topliss-reactive ketones (excluding diaryl/α,β-unsaturated/α-hetero) is 1. The van der Waals surface area contributed by atoms with Gasteiger partial charge in [0.1, 0.15) is 0 Å². The van der Waals surface area contributed by atoms with Crippen LogP contribution in [0.25, 0.3) is 0 Å². The molecule has 0 aliphatic carbocycles. The summed E-state index contributed by atoms with van der Waals surface area (Å²) in [5, 5.41) is 0.455. The number of pyridine rings is 1. The first kappa shape index (κ1) is 14.5. The molecule has 2 heterocycles. The second-order valence-electron chi connectivity index (χ2n) is 5.08. The quantitative estimate of drug-likeness (QED) is 0.586. The highest BCUT2D eigenvalue weighted by atomic mass is 35.5.